The van der Waals surface area contributed by atoms with E-state index in [-0.39, 0.29) is 6.10 Å². The second-order valence-electron chi connectivity index (χ2n) is 5.48. The molecule has 0 saturated heterocycles. The third-order valence-electron chi connectivity index (χ3n) is 4.10. The van der Waals surface area contributed by atoms with E-state index in [1.165, 1.54) is 32.1 Å². The largest absolute Gasteiger partial charge is 0.496 e. The summed E-state index contributed by atoms with van der Waals surface area (Å²) in [5, 5.41) is 10.3. The maximum atomic E-state index is 10.3. The van der Waals surface area contributed by atoms with E-state index in [0.29, 0.717) is 5.92 Å². The molecule has 0 heterocycles. The molecule has 100 valence electrons. The van der Waals surface area contributed by atoms with Crippen LogP contribution in [0.3, 0.4) is 0 Å². The molecule has 0 radical (unpaired) electrons. The number of hydrogen-bond donors (Lipinski definition) is 1. The van der Waals surface area contributed by atoms with E-state index < -0.39 is 0 Å². The van der Waals surface area contributed by atoms with Crippen LogP contribution in [-0.2, 0) is 0 Å². The van der Waals surface area contributed by atoms with Crippen molar-refractivity contribution in [3.8, 4) is 5.75 Å². The van der Waals surface area contributed by atoms with Gasteiger partial charge in [-0.3, -0.25) is 0 Å². The fourth-order valence-corrected chi connectivity index (χ4v) is 2.92. The highest BCUT2D eigenvalue weighted by atomic mass is 16.5. The van der Waals surface area contributed by atoms with Crippen LogP contribution in [0, 0.1) is 12.8 Å². The zero-order valence-corrected chi connectivity index (χ0v) is 11.5. The van der Waals surface area contributed by atoms with Crippen molar-refractivity contribution in [3.05, 3.63) is 29.3 Å². The molecule has 1 saturated carbocycles. The van der Waals surface area contributed by atoms with E-state index in [0.717, 1.165) is 23.3 Å². The summed E-state index contributed by atoms with van der Waals surface area (Å²) in [4.78, 5) is 0. The van der Waals surface area contributed by atoms with E-state index >= 15 is 0 Å². The number of benzene rings is 1. The third kappa shape index (κ3) is 3.26. The second kappa shape index (κ2) is 6.24. The van der Waals surface area contributed by atoms with Gasteiger partial charge in [0.2, 0.25) is 0 Å². The van der Waals surface area contributed by atoms with Gasteiger partial charge >= 0.3 is 0 Å². The van der Waals surface area contributed by atoms with Gasteiger partial charge in [-0.25, -0.2) is 0 Å². The third-order valence-corrected chi connectivity index (χ3v) is 4.10. The quantitative estimate of drug-likeness (QED) is 0.872. The molecule has 1 fully saturated rings. The van der Waals surface area contributed by atoms with Crippen LogP contribution >= 0.6 is 0 Å². The summed E-state index contributed by atoms with van der Waals surface area (Å²) in [6.07, 6.45) is 7.13. The molecule has 0 aliphatic heterocycles. The van der Waals surface area contributed by atoms with Gasteiger partial charge in [-0.05, 0) is 36.5 Å². The first-order valence-corrected chi connectivity index (χ1v) is 7.03. The van der Waals surface area contributed by atoms with Crippen LogP contribution in [0.2, 0.25) is 0 Å². The van der Waals surface area contributed by atoms with Crippen LogP contribution in [0.15, 0.2) is 18.2 Å². The monoisotopic (exact) mass is 248 g/mol. The van der Waals surface area contributed by atoms with Crippen molar-refractivity contribution in [2.24, 2.45) is 5.92 Å². The maximum Gasteiger partial charge on any atom is 0.122 e. The van der Waals surface area contributed by atoms with E-state index in [9.17, 15) is 5.11 Å². The van der Waals surface area contributed by atoms with Crippen molar-refractivity contribution in [1.82, 2.24) is 0 Å². The Balaban J connectivity index is 2.01. The molecule has 0 aromatic heterocycles. The van der Waals surface area contributed by atoms with Gasteiger partial charge < -0.3 is 9.84 Å². The Morgan fingerprint density at radius 1 is 1.28 bits per heavy atom. The zero-order chi connectivity index (χ0) is 13.0. The molecule has 0 bridgehead atoms. The highest BCUT2D eigenvalue weighted by Crippen LogP contribution is 2.33. The smallest absolute Gasteiger partial charge is 0.122 e. The molecule has 1 N–H and O–H groups in total. The standard InChI is InChI=1S/C16H24O2/c1-12-8-9-14(11-16(12)18-2)15(17)10-13-6-4-3-5-7-13/h8-9,11,13,15,17H,3-7,10H2,1-2H3. The molecule has 1 atom stereocenters. The molecule has 18 heavy (non-hydrogen) atoms. The summed E-state index contributed by atoms with van der Waals surface area (Å²) in [7, 11) is 1.68. The molecule has 2 rings (SSSR count). The van der Waals surface area contributed by atoms with Gasteiger partial charge in [0.25, 0.3) is 0 Å². The normalized spacial score (nSPS) is 18.6. The van der Waals surface area contributed by atoms with E-state index in [1.54, 1.807) is 7.11 Å². The first kappa shape index (κ1) is 13.4. The molecule has 0 amide bonds. The minimum absolute atomic E-state index is 0.345. The Bertz CT molecular complexity index is 381. The topological polar surface area (TPSA) is 29.5 Å². The van der Waals surface area contributed by atoms with E-state index in [4.69, 9.17) is 4.74 Å². The molecule has 2 heteroatoms. The Morgan fingerprint density at radius 3 is 2.67 bits per heavy atom. The van der Waals surface area contributed by atoms with Crippen LogP contribution in [0.25, 0.3) is 0 Å². The maximum absolute atomic E-state index is 10.3. The van der Waals surface area contributed by atoms with Crippen LogP contribution in [-0.4, -0.2) is 12.2 Å². The average molecular weight is 248 g/mol. The number of aliphatic hydroxyl groups is 1. The van der Waals surface area contributed by atoms with Gasteiger partial charge in [-0.1, -0.05) is 44.2 Å². The van der Waals surface area contributed by atoms with Crippen molar-refractivity contribution in [2.75, 3.05) is 7.11 Å². The van der Waals surface area contributed by atoms with Gasteiger partial charge in [0.05, 0.1) is 13.2 Å². The highest BCUT2D eigenvalue weighted by Gasteiger charge is 2.19. The zero-order valence-electron chi connectivity index (χ0n) is 11.5. The van der Waals surface area contributed by atoms with E-state index in [1.807, 2.05) is 25.1 Å². The molecule has 1 aromatic carbocycles. The first-order chi connectivity index (χ1) is 8.70. The summed E-state index contributed by atoms with van der Waals surface area (Å²) in [6.45, 7) is 2.02. The molecule has 0 spiro atoms. The van der Waals surface area contributed by atoms with Crippen LogP contribution in [0.1, 0.15) is 55.8 Å². The molecule has 2 nitrogen and oxygen atoms in total. The first-order valence-electron chi connectivity index (χ1n) is 7.03. The number of rotatable bonds is 4. The summed E-state index contributed by atoms with van der Waals surface area (Å²) < 4.78 is 5.31. The van der Waals surface area contributed by atoms with Crippen molar-refractivity contribution in [2.45, 2.75) is 51.6 Å². The lowest BCUT2D eigenvalue weighted by atomic mass is 9.84. The lowest BCUT2D eigenvalue weighted by Crippen LogP contribution is -2.11. The van der Waals surface area contributed by atoms with Gasteiger partial charge in [0, 0.05) is 0 Å². The van der Waals surface area contributed by atoms with Gasteiger partial charge in [-0.15, -0.1) is 0 Å². The SMILES string of the molecule is COc1cc(C(O)CC2CCCCC2)ccc1C. The predicted octanol–water partition coefficient (Wildman–Crippen LogP) is 4.01. The summed E-state index contributed by atoms with van der Waals surface area (Å²) >= 11 is 0. The van der Waals surface area contributed by atoms with Crippen molar-refractivity contribution < 1.29 is 9.84 Å². The summed E-state index contributed by atoms with van der Waals surface area (Å²) in [5.74, 6) is 1.57. The number of hydrogen-bond acceptors (Lipinski definition) is 2. The van der Waals surface area contributed by atoms with E-state index in [2.05, 4.69) is 0 Å². The van der Waals surface area contributed by atoms with Crippen molar-refractivity contribution in [1.29, 1.82) is 0 Å². The number of aliphatic hydroxyl groups excluding tert-OH is 1. The van der Waals surface area contributed by atoms with Crippen molar-refractivity contribution >= 4 is 0 Å². The number of aryl methyl sites for hydroxylation is 1. The average Bonchev–Trinajstić information content (AvgIpc) is 2.40. The van der Waals surface area contributed by atoms with Gasteiger partial charge in [-0.2, -0.15) is 0 Å². The molecular formula is C16H24O2. The van der Waals surface area contributed by atoms with Crippen LogP contribution in [0.4, 0.5) is 0 Å². The van der Waals surface area contributed by atoms with Crippen LogP contribution in [0.5, 0.6) is 5.75 Å². The number of methoxy groups -OCH3 is 1. The Kier molecular flexibility index (Phi) is 4.65. The summed E-state index contributed by atoms with van der Waals surface area (Å²) in [6, 6.07) is 6.02. The minimum Gasteiger partial charge on any atom is -0.496 e. The molecule has 1 aliphatic rings. The molecular weight excluding hydrogens is 224 g/mol. The van der Waals surface area contributed by atoms with Gasteiger partial charge in [0.1, 0.15) is 5.75 Å². The molecule has 1 unspecified atom stereocenters. The lowest BCUT2D eigenvalue weighted by Gasteiger charge is -2.24. The highest BCUT2D eigenvalue weighted by molar-refractivity contribution is 5.37. The fraction of sp³-hybridized carbons (Fsp3) is 0.625. The lowest BCUT2D eigenvalue weighted by molar-refractivity contribution is 0.131. The minimum atomic E-state index is -0.345. The second-order valence-corrected chi connectivity index (χ2v) is 5.48. The summed E-state index contributed by atoms with van der Waals surface area (Å²) in [5.41, 5.74) is 2.11. The fourth-order valence-electron chi connectivity index (χ4n) is 2.92. The molecule has 1 aliphatic carbocycles. The Morgan fingerprint density at radius 2 is 2.00 bits per heavy atom. The molecule has 1 aromatic rings. The predicted molar refractivity (Wildman–Crippen MR) is 73.9 cm³/mol. The Labute approximate surface area is 110 Å². The number of ether oxygens (including phenoxy) is 1. The van der Waals surface area contributed by atoms with Gasteiger partial charge in [0.15, 0.2) is 0 Å². The Hall–Kier alpha value is -1.02. The van der Waals surface area contributed by atoms with Crippen LogP contribution < -0.4 is 4.74 Å². The van der Waals surface area contributed by atoms with Crippen molar-refractivity contribution in [3.63, 3.8) is 0 Å².